The van der Waals surface area contributed by atoms with Crippen LogP contribution < -0.4 is 4.74 Å². The summed E-state index contributed by atoms with van der Waals surface area (Å²) in [6, 6.07) is 9.72. The highest BCUT2D eigenvalue weighted by molar-refractivity contribution is 5.82. The standard InChI is InChI=1S/C16H17N3O2/c1-11(2)19-9-13(8-17-19)21-16-7-12(10-20)14-5-3-4-6-15(14)18-16/h3-9,11,20H,10H2,1-2H3. The van der Waals surface area contributed by atoms with Gasteiger partial charge in [0.2, 0.25) is 5.88 Å². The molecule has 0 radical (unpaired) electrons. The molecule has 0 aliphatic heterocycles. The summed E-state index contributed by atoms with van der Waals surface area (Å²) in [6.07, 6.45) is 3.50. The largest absolute Gasteiger partial charge is 0.436 e. The first-order chi connectivity index (χ1) is 10.2. The molecule has 108 valence electrons. The number of rotatable bonds is 4. The summed E-state index contributed by atoms with van der Waals surface area (Å²) in [4.78, 5) is 4.46. The second kappa shape index (κ2) is 5.54. The van der Waals surface area contributed by atoms with Crippen LogP contribution in [0.1, 0.15) is 25.5 Å². The fourth-order valence-corrected chi connectivity index (χ4v) is 2.18. The smallest absolute Gasteiger partial charge is 0.220 e. The monoisotopic (exact) mass is 283 g/mol. The van der Waals surface area contributed by atoms with Crippen LogP contribution in [0.4, 0.5) is 0 Å². The molecule has 2 aromatic heterocycles. The van der Waals surface area contributed by atoms with Crippen LogP contribution in [0.5, 0.6) is 11.6 Å². The van der Waals surface area contributed by atoms with E-state index >= 15 is 0 Å². The van der Waals surface area contributed by atoms with Crippen LogP contribution in [-0.4, -0.2) is 19.9 Å². The molecule has 0 aliphatic rings. The molecule has 5 nitrogen and oxygen atoms in total. The number of benzene rings is 1. The lowest BCUT2D eigenvalue weighted by molar-refractivity contribution is 0.282. The number of aromatic nitrogens is 3. The maximum atomic E-state index is 9.50. The number of aliphatic hydroxyl groups is 1. The average Bonchev–Trinajstić information content (AvgIpc) is 2.95. The summed E-state index contributed by atoms with van der Waals surface area (Å²) in [5.74, 6) is 1.09. The molecule has 0 spiro atoms. The van der Waals surface area contributed by atoms with Crippen LogP contribution in [0.25, 0.3) is 10.9 Å². The van der Waals surface area contributed by atoms with E-state index in [1.165, 1.54) is 0 Å². The van der Waals surface area contributed by atoms with Gasteiger partial charge in [-0.05, 0) is 25.5 Å². The van der Waals surface area contributed by atoms with Crippen LogP contribution in [0.2, 0.25) is 0 Å². The van der Waals surface area contributed by atoms with Gasteiger partial charge in [-0.3, -0.25) is 4.68 Å². The van der Waals surface area contributed by atoms with Gasteiger partial charge in [0.05, 0.1) is 24.5 Å². The molecule has 3 aromatic rings. The zero-order valence-corrected chi connectivity index (χ0v) is 12.0. The number of para-hydroxylation sites is 1. The van der Waals surface area contributed by atoms with Crippen LogP contribution in [-0.2, 0) is 6.61 Å². The second-order valence-corrected chi connectivity index (χ2v) is 5.15. The van der Waals surface area contributed by atoms with E-state index in [1.54, 1.807) is 12.3 Å². The molecule has 2 heterocycles. The Morgan fingerprint density at radius 3 is 2.81 bits per heavy atom. The SMILES string of the molecule is CC(C)n1cc(Oc2cc(CO)c3ccccc3n2)cn1. The van der Waals surface area contributed by atoms with Gasteiger partial charge in [0.1, 0.15) is 0 Å². The Bertz CT molecular complexity index is 765. The van der Waals surface area contributed by atoms with E-state index in [0.29, 0.717) is 11.6 Å². The minimum absolute atomic E-state index is 0.0509. The van der Waals surface area contributed by atoms with Crippen molar-refractivity contribution < 1.29 is 9.84 Å². The van der Waals surface area contributed by atoms with E-state index < -0.39 is 0 Å². The molecule has 1 N–H and O–H groups in total. The zero-order chi connectivity index (χ0) is 14.8. The fourth-order valence-electron chi connectivity index (χ4n) is 2.18. The van der Waals surface area contributed by atoms with Gasteiger partial charge >= 0.3 is 0 Å². The second-order valence-electron chi connectivity index (χ2n) is 5.15. The fraction of sp³-hybridized carbons (Fsp3) is 0.250. The van der Waals surface area contributed by atoms with Gasteiger partial charge < -0.3 is 9.84 Å². The van der Waals surface area contributed by atoms with Crippen molar-refractivity contribution >= 4 is 10.9 Å². The predicted molar refractivity (Wildman–Crippen MR) is 80.4 cm³/mol. The highest BCUT2D eigenvalue weighted by atomic mass is 16.5. The minimum Gasteiger partial charge on any atom is -0.436 e. The van der Waals surface area contributed by atoms with Crippen molar-refractivity contribution in [1.82, 2.24) is 14.8 Å². The number of aliphatic hydroxyl groups excluding tert-OH is 1. The quantitative estimate of drug-likeness (QED) is 0.798. The lowest BCUT2D eigenvalue weighted by Gasteiger charge is -2.08. The van der Waals surface area contributed by atoms with Crippen molar-refractivity contribution in [1.29, 1.82) is 0 Å². The van der Waals surface area contributed by atoms with Crippen molar-refractivity contribution in [2.75, 3.05) is 0 Å². The van der Waals surface area contributed by atoms with Crippen LogP contribution >= 0.6 is 0 Å². The van der Waals surface area contributed by atoms with Crippen molar-refractivity contribution in [2.24, 2.45) is 0 Å². The average molecular weight is 283 g/mol. The molecule has 1 aromatic carbocycles. The van der Waals surface area contributed by atoms with E-state index in [2.05, 4.69) is 23.9 Å². The van der Waals surface area contributed by atoms with Gasteiger partial charge in [-0.2, -0.15) is 5.10 Å². The van der Waals surface area contributed by atoms with Crippen molar-refractivity contribution in [2.45, 2.75) is 26.5 Å². The first-order valence-electron chi connectivity index (χ1n) is 6.89. The molecule has 0 bridgehead atoms. The molecule has 0 amide bonds. The van der Waals surface area contributed by atoms with E-state index in [0.717, 1.165) is 16.5 Å². The van der Waals surface area contributed by atoms with Crippen LogP contribution in [0, 0.1) is 0 Å². The van der Waals surface area contributed by atoms with Crippen molar-refractivity contribution in [3.05, 3.63) is 48.3 Å². The molecule has 0 aliphatic carbocycles. The summed E-state index contributed by atoms with van der Waals surface area (Å²) in [7, 11) is 0. The van der Waals surface area contributed by atoms with Crippen LogP contribution in [0.15, 0.2) is 42.7 Å². The first kappa shape index (κ1) is 13.6. The van der Waals surface area contributed by atoms with E-state index in [4.69, 9.17) is 4.74 Å². The summed E-state index contributed by atoms with van der Waals surface area (Å²) < 4.78 is 7.58. The topological polar surface area (TPSA) is 60.2 Å². The maximum absolute atomic E-state index is 9.50. The third kappa shape index (κ3) is 2.73. The number of hydrogen-bond acceptors (Lipinski definition) is 4. The molecular weight excluding hydrogens is 266 g/mol. The Kier molecular flexibility index (Phi) is 3.58. The summed E-state index contributed by atoms with van der Waals surface area (Å²) in [6.45, 7) is 4.05. The molecule has 21 heavy (non-hydrogen) atoms. The van der Waals surface area contributed by atoms with E-state index in [-0.39, 0.29) is 12.6 Å². The Morgan fingerprint density at radius 2 is 2.10 bits per heavy atom. The van der Waals surface area contributed by atoms with Crippen LogP contribution in [0.3, 0.4) is 0 Å². The molecule has 3 rings (SSSR count). The molecule has 5 heteroatoms. The number of nitrogens with zero attached hydrogens (tertiary/aromatic N) is 3. The number of ether oxygens (including phenoxy) is 1. The first-order valence-corrected chi connectivity index (χ1v) is 6.89. The third-order valence-corrected chi connectivity index (χ3v) is 3.28. The van der Waals surface area contributed by atoms with Gasteiger partial charge in [0, 0.05) is 17.5 Å². The summed E-state index contributed by atoms with van der Waals surface area (Å²) in [5.41, 5.74) is 1.60. The lowest BCUT2D eigenvalue weighted by Crippen LogP contribution is -1.99. The summed E-state index contributed by atoms with van der Waals surface area (Å²) >= 11 is 0. The molecule has 0 unspecified atom stereocenters. The number of pyridine rings is 1. The predicted octanol–water partition coefficient (Wildman–Crippen LogP) is 3.30. The molecule has 0 atom stereocenters. The normalized spacial score (nSPS) is 11.2. The van der Waals surface area contributed by atoms with Gasteiger partial charge in [0.25, 0.3) is 0 Å². The van der Waals surface area contributed by atoms with Crippen molar-refractivity contribution in [3.8, 4) is 11.6 Å². The number of hydrogen-bond donors (Lipinski definition) is 1. The molecule has 0 fully saturated rings. The summed E-state index contributed by atoms with van der Waals surface area (Å²) in [5, 5.41) is 14.7. The lowest BCUT2D eigenvalue weighted by atomic mass is 10.1. The maximum Gasteiger partial charge on any atom is 0.220 e. The third-order valence-electron chi connectivity index (χ3n) is 3.28. The zero-order valence-electron chi connectivity index (χ0n) is 12.0. The van der Waals surface area contributed by atoms with E-state index in [9.17, 15) is 5.11 Å². The van der Waals surface area contributed by atoms with Gasteiger partial charge in [-0.15, -0.1) is 0 Å². The van der Waals surface area contributed by atoms with Crippen molar-refractivity contribution in [3.63, 3.8) is 0 Å². The Labute approximate surface area is 122 Å². The molecule has 0 saturated carbocycles. The van der Waals surface area contributed by atoms with E-state index in [1.807, 2.05) is 35.1 Å². The van der Waals surface area contributed by atoms with Gasteiger partial charge in [-0.1, -0.05) is 18.2 Å². The highest BCUT2D eigenvalue weighted by Gasteiger charge is 2.08. The molecular formula is C16H17N3O2. The Balaban J connectivity index is 1.96. The van der Waals surface area contributed by atoms with Gasteiger partial charge in [-0.25, -0.2) is 4.98 Å². The molecule has 0 saturated heterocycles. The minimum atomic E-state index is -0.0509. The number of fused-ring (bicyclic) bond motifs is 1. The Morgan fingerprint density at radius 1 is 1.29 bits per heavy atom. The highest BCUT2D eigenvalue weighted by Crippen LogP contribution is 2.26. The van der Waals surface area contributed by atoms with Gasteiger partial charge in [0.15, 0.2) is 5.75 Å². The Hall–Kier alpha value is -2.40.